The van der Waals surface area contributed by atoms with Gasteiger partial charge in [0.1, 0.15) is 29.1 Å². The zero-order chi connectivity index (χ0) is 37.0. The van der Waals surface area contributed by atoms with E-state index in [4.69, 9.17) is 9.15 Å². The molecule has 15 nitrogen and oxygen atoms in total. The highest BCUT2D eigenvalue weighted by Crippen LogP contribution is 2.73. The number of carbonyl (C=O) groups is 2. The quantitative estimate of drug-likeness (QED) is 0.239. The number of aromatic hydroxyl groups is 1. The fourth-order valence-corrected chi connectivity index (χ4v) is 8.94. The predicted molar refractivity (Wildman–Crippen MR) is 181 cm³/mol. The normalized spacial score (nSPS) is 24.7. The van der Waals surface area contributed by atoms with Crippen molar-refractivity contribution in [2.45, 2.75) is 75.8 Å². The van der Waals surface area contributed by atoms with Crippen molar-refractivity contribution in [3.63, 3.8) is 0 Å². The Morgan fingerprint density at radius 2 is 1.87 bits per heavy atom. The maximum atomic E-state index is 14.6. The summed E-state index contributed by atoms with van der Waals surface area (Å²) in [5, 5.41) is 22.8. The van der Waals surface area contributed by atoms with E-state index >= 15 is 0 Å². The van der Waals surface area contributed by atoms with Gasteiger partial charge in [0.15, 0.2) is 23.1 Å². The van der Waals surface area contributed by atoms with E-state index in [1.165, 1.54) is 30.6 Å². The van der Waals surface area contributed by atoms with Crippen LogP contribution in [0.15, 0.2) is 46.1 Å². The van der Waals surface area contributed by atoms with Crippen LogP contribution in [0.4, 0.5) is 18.9 Å². The molecule has 4 aliphatic carbocycles. The highest BCUT2D eigenvalue weighted by molar-refractivity contribution is 6.07. The summed E-state index contributed by atoms with van der Waals surface area (Å²) in [4.78, 5) is 55.4. The molecule has 0 spiro atoms. The molecule has 5 aromatic rings. The second-order valence-corrected chi connectivity index (χ2v) is 14.5. The maximum absolute atomic E-state index is 14.6. The third-order valence-corrected chi connectivity index (χ3v) is 11.5. The van der Waals surface area contributed by atoms with Gasteiger partial charge in [0, 0.05) is 42.6 Å². The van der Waals surface area contributed by atoms with Gasteiger partial charge in [0.2, 0.25) is 17.2 Å². The standard InChI is InChI=1S/C35H34F3N9O6/c1-3-20-28(44-10-11-45(22-6-5-21(22)44)32(51)26-23(48)7-4-19-30(26)53-17-40-19)29(50)27-31(43-47(42-27)18-8-9-39-25(12-18)52-2)46(20)13-24(49)41-34-14-33(15-34,16-34)35(36,37)38/h4,7-9,12,17,21-22,48H,3,5-6,10-11,13-16H2,1-2H3,(H,41,49)/t21-,22-,33?,34?/m0/s1. The largest absolute Gasteiger partial charge is 0.507 e. The van der Waals surface area contributed by atoms with Crippen LogP contribution in [0.5, 0.6) is 11.6 Å². The minimum atomic E-state index is -4.32. The Bertz CT molecular complexity index is 2380. The number of alkyl halides is 3. The molecule has 4 saturated carbocycles. The van der Waals surface area contributed by atoms with Gasteiger partial charge in [-0.25, -0.2) is 9.97 Å². The molecule has 1 aliphatic heterocycles. The number of oxazole rings is 1. The van der Waals surface area contributed by atoms with Crippen molar-refractivity contribution < 1.29 is 37.0 Å². The Labute approximate surface area is 298 Å². The number of pyridine rings is 2. The lowest BCUT2D eigenvalue weighted by Gasteiger charge is -2.70. The number of nitrogens with zero attached hydrogens (tertiary/aromatic N) is 8. The fraction of sp³-hybridized carbons (Fsp3) is 0.457. The molecule has 2 atom stereocenters. The number of nitrogens with one attached hydrogen (secondary N) is 1. The Balaban J connectivity index is 1.09. The maximum Gasteiger partial charge on any atom is 0.394 e. The number of anilines is 1. The third-order valence-electron chi connectivity index (χ3n) is 11.5. The van der Waals surface area contributed by atoms with Gasteiger partial charge >= 0.3 is 6.18 Å². The number of ether oxygens (including phenoxy) is 1. The number of halogens is 3. The van der Waals surface area contributed by atoms with Gasteiger partial charge in [0.25, 0.3) is 5.91 Å². The number of hydrogen-bond donors (Lipinski definition) is 2. The highest BCUT2D eigenvalue weighted by Gasteiger charge is 2.79. The van der Waals surface area contributed by atoms with Crippen LogP contribution >= 0.6 is 0 Å². The molecule has 2 N–H and O–H groups in total. The van der Waals surface area contributed by atoms with E-state index in [1.54, 1.807) is 27.7 Å². The first-order valence-electron chi connectivity index (χ1n) is 17.4. The van der Waals surface area contributed by atoms with E-state index in [0.29, 0.717) is 47.7 Å². The summed E-state index contributed by atoms with van der Waals surface area (Å²) < 4.78 is 53.1. The van der Waals surface area contributed by atoms with Gasteiger partial charge in [-0.3, -0.25) is 14.4 Å². The van der Waals surface area contributed by atoms with Crippen LogP contribution in [0, 0.1) is 5.41 Å². The summed E-state index contributed by atoms with van der Waals surface area (Å²) in [6, 6.07) is 5.64. The lowest BCUT2D eigenvalue weighted by molar-refractivity contribution is -0.337. The first-order valence-corrected chi connectivity index (χ1v) is 17.4. The molecule has 18 heteroatoms. The van der Waals surface area contributed by atoms with E-state index < -0.39 is 34.4 Å². The van der Waals surface area contributed by atoms with Gasteiger partial charge in [-0.1, -0.05) is 6.92 Å². The van der Waals surface area contributed by atoms with E-state index in [9.17, 15) is 32.7 Å². The lowest BCUT2D eigenvalue weighted by Crippen LogP contribution is -2.78. The van der Waals surface area contributed by atoms with Crippen molar-refractivity contribution >= 4 is 39.8 Å². The zero-order valence-electron chi connectivity index (χ0n) is 28.7. The SMILES string of the molecule is CCc1c(N2CCN(C(=O)c3c(O)ccc4ncoc34)[C@H]3CC[C@@H]32)c(=O)c2nn(-c3ccnc(OC)c3)nc2n1CC(=O)NC12CC(C(F)(F)F)(C1)C2. The van der Waals surface area contributed by atoms with Crippen molar-refractivity contribution in [1.29, 1.82) is 0 Å². The van der Waals surface area contributed by atoms with Gasteiger partial charge in [0.05, 0.1) is 24.3 Å². The van der Waals surface area contributed by atoms with Crippen LogP contribution in [0.1, 0.15) is 55.1 Å². The molecule has 1 aromatic carbocycles. The van der Waals surface area contributed by atoms with Crippen molar-refractivity contribution in [3.8, 4) is 17.3 Å². The minimum absolute atomic E-state index is 0.00128. The number of methoxy groups -OCH3 is 1. The monoisotopic (exact) mass is 733 g/mol. The molecule has 5 heterocycles. The summed E-state index contributed by atoms with van der Waals surface area (Å²) in [6.45, 7) is 2.03. The molecule has 2 amide bonds. The van der Waals surface area contributed by atoms with Crippen LogP contribution < -0.4 is 20.4 Å². The minimum Gasteiger partial charge on any atom is -0.507 e. The van der Waals surface area contributed by atoms with E-state index in [-0.39, 0.29) is 79.0 Å². The average Bonchev–Trinajstić information content (AvgIpc) is 3.74. The van der Waals surface area contributed by atoms with Gasteiger partial charge in [-0.05, 0) is 56.7 Å². The second-order valence-electron chi connectivity index (χ2n) is 14.5. The van der Waals surface area contributed by atoms with Gasteiger partial charge in [-0.15, -0.1) is 15.0 Å². The molecule has 4 aromatic heterocycles. The van der Waals surface area contributed by atoms with E-state index in [0.717, 1.165) is 0 Å². The summed E-state index contributed by atoms with van der Waals surface area (Å²) in [7, 11) is 1.46. The molecule has 0 unspecified atom stereocenters. The number of fused-ring (bicyclic) bond motifs is 3. The number of hydrogen-bond acceptors (Lipinski definition) is 11. The Kier molecular flexibility index (Phi) is 7.14. The van der Waals surface area contributed by atoms with Crippen LogP contribution in [0.25, 0.3) is 28.0 Å². The van der Waals surface area contributed by atoms with Crippen LogP contribution in [-0.4, -0.2) is 95.3 Å². The first kappa shape index (κ1) is 33.2. The number of piperazine rings is 1. The Morgan fingerprint density at radius 3 is 2.57 bits per heavy atom. The fourth-order valence-electron chi connectivity index (χ4n) is 8.94. The smallest absolute Gasteiger partial charge is 0.394 e. The van der Waals surface area contributed by atoms with Gasteiger partial charge in [-0.2, -0.15) is 13.2 Å². The molecule has 2 bridgehead atoms. The molecule has 5 fully saturated rings. The number of amides is 2. The first-order chi connectivity index (χ1) is 25.4. The van der Waals surface area contributed by atoms with Crippen molar-refractivity contribution in [2.75, 3.05) is 25.1 Å². The summed E-state index contributed by atoms with van der Waals surface area (Å²) >= 11 is 0. The zero-order valence-corrected chi connectivity index (χ0v) is 28.7. The summed E-state index contributed by atoms with van der Waals surface area (Å²) in [5.74, 6) is -0.833. The van der Waals surface area contributed by atoms with E-state index in [2.05, 4.69) is 25.5 Å². The average molecular weight is 734 g/mol. The Morgan fingerprint density at radius 1 is 1.09 bits per heavy atom. The van der Waals surface area contributed by atoms with Crippen molar-refractivity contribution in [1.82, 2.24) is 39.7 Å². The number of aromatic nitrogens is 6. The van der Waals surface area contributed by atoms with Crippen LogP contribution in [-0.2, 0) is 17.8 Å². The lowest BCUT2D eigenvalue weighted by atomic mass is 9.39. The molecular formula is C35H34F3N9O6. The molecular weight excluding hydrogens is 699 g/mol. The van der Waals surface area contributed by atoms with E-state index in [1.807, 2.05) is 11.8 Å². The summed E-state index contributed by atoms with van der Waals surface area (Å²) in [6.07, 6.45) is -0.440. The number of carbonyl (C=O) groups excluding carboxylic acids is 2. The molecule has 0 radical (unpaired) electrons. The van der Waals surface area contributed by atoms with Crippen molar-refractivity contribution in [2.24, 2.45) is 5.41 Å². The molecule has 53 heavy (non-hydrogen) atoms. The van der Waals surface area contributed by atoms with Crippen molar-refractivity contribution in [3.05, 3.63) is 58.3 Å². The molecule has 276 valence electrons. The summed E-state index contributed by atoms with van der Waals surface area (Å²) in [5.41, 5.74) is -0.958. The second kappa shape index (κ2) is 11.4. The van der Waals surface area contributed by atoms with Crippen LogP contribution in [0.3, 0.4) is 0 Å². The topological polar surface area (TPSA) is 174 Å². The number of phenols is 1. The molecule has 5 aliphatic rings. The number of phenolic OH excluding ortho intramolecular Hbond substituents is 1. The van der Waals surface area contributed by atoms with Gasteiger partial charge < -0.3 is 33.9 Å². The van der Waals surface area contributed by atoms with Crippen LogP contribution in [0.2, 0.25) is 0 Å². The predicted octanol–water partition coefficient (Wildman–Crippen LogP) is 3.49. The third kappa shape index (κ3) is 4.83. The molecule has 10 rings (SSSR count). The number of benzene rings is 1. The number of rotatable bonds is 8. The molecule has 1 saturated heterocycles. The highest BCUT2D eigenvalue weighted by atomic mass is 19.4. The Hall–Kier alpha value is -5.68.